The van der Waals surface area contributed by atoms with Crippen molar-refractivity contribution < 1.29 is 4.74 Å². The van der Waals surface area contributed by atoms with E-state index in [4.69, 9.17) is 28.6 Å². The Kier molecular flexibility index (Phi) is 6.06. The summed E-state index contributed by atoms with van der Waals surface area (Å²) in [5.74, 6) is 0.834. The van der Waals surface area contributed by atoms with Gasteiger partial charge in [-0.25, -0.2) is 0 Å². The molecule has 0 saturated heterocycles. The average molecular weight is 400 g/mol. The molecule has 6 heteroatoms. The molecule has 0 amide bonds. The van der Waals surface area contributed by atoms with Gasteiger partial charge in [0.2, 0.25) is 0 Å². The molecule has 0 saturated carbocycles. The first-order valence-electron chi connectivity index (χ1n) is 6.66. The molecule has 0 heterocycles. The van der Waals surface area contributed by atoms with E-state index in [-0.39, 0.29) is 6.04 Å². The van der Waals surface area contributed by atoms with Crippen LogP contribution in [0.3, 0.4) is 0 Å². The van der Waals surface area contributed by atoms with Gasteiger partial charge in [0.25, 0.3) is 0 Å². The van der Waals surface area contributed by atoms with E-state index in [2.05, 4.69) is 26.6 Å². The highest BCUT2D eigenvalue weighted by Crippen LogP contribution is 2.25. The highest BCUT2D eigenvalue weighted by Gasteiger charge is 2.08. The molecule has 2 N–H and O–H groups in total. The minimum atomic E-state index is 0.0804. The van der Waals surface area contributed by atoms with E-state index in [0.29, 0.717) is 10.1 Å². The highest BCUT2D eigenvalue weighted by atomic mass is 79.9. The first-order valence-corrected chi connectivity index (χ1v) is 8.24. The molecular weight excluding hydrogens is 384 g/mol. The molecule has 0 radical (unpaired) electrons. The van der Waals surface area contributed by atoms with Crippen LogP contribution in [0.15, 0.2) is 46.9 Å². The number of rotatable bonds is 4. The van der Waals surface area contributed by atoms with Gasteiger partial charge in [0, 0.05) is 10.2 Å². The molecule has 2 aromatic carbocycles. The lowest BCUT2D eigenvalue weighted by atomic mass is 10.1. The molecule has 0 aliphatic rings. The first-order chi connectivity index (χ1) is 10.5. The van der Waals surface area contributed by atoms with Crippen LogP contribution in [0, 0.1) is 0 Å². The number of hydrogen-bond acceptors (Lipinski definition) is 2. The second-order valence-electron chi connectivity index (χ2n) is 4.72. The Labute approximate surface area is 149 Å². The fraction of sp³-hybridized carbons (Fsp3) is 0.188. The lowest BCUT2D eigenvalue weighted by molar-refractivity contribution is 0.414. The topological polar surface area (TPSA) is 33.3 Å². The Balaban J connectivity index is 1.96. The molecule has 2 aromatic rings. The van der Waals surface area contributed by atoms with Crippen LogP contribution in [0.5, 0.6) is 5.75 Å². The number of nitrogens with one attached hydrogen (secondary N) is 2. The largest absolute Gasteiger partial charge is 0.497 e. The van der Waals surface area contributed by atoms with E-state index in [9.17, 15) is 0 Å². The summed E-state index contributed by atoms with van der Waals surface area (Å²) in [6.07, 6.45) is 0. The summed E-state index contributed by atoms with van der Waals surface area (Å²) in [5, 5.41) is 7.54. The zero-order chi connectivity index (χ0) is 16.1. The molecule has 0 aliphatic heterocycles. The van der Waals surface area contributed by atoms with Crippen LogP contribution in [0.25, 0.3) is 0 Å². The van der Waals surface area contributed by atoms with Crippen molar-refractivity contribution in [2.45, 2.75) is 13.0 Å². The molecule has 0 aromatic heterocycles. The Morgan fingerprint density at radius 2 is 1.91 bits per heavy atom. The molecule has 0 bridgehead atoms. The molecule has 22 heavy (non-hydrogen) atoms. The summed E-state index contributed by atoms with van der Waals surface area (Å²) in [4.78, 5) is 0. The van der Waals surface area contributed by atoms with E-state index in [0.717, 1.165) is 21.5 Å². The molecule has 0 aliphatic carbocycles. The van der Waals surface area contributed by atoms with Gasteiger partial charge in [-0.3, -0.25) is 0 Å². The molecule has 0 fully saturated rings. The van der Waals surface area contributed by atoms with Crippen molar-refractivity contribution in [2.75, 3.05) is 12.4 Å². The van der Waals surface area contributed by atoms with Crippen molar-refractivity contribution >= 4 is 50.5 Å². The van der Waals surface area contributed by atoms with Gasteiger partial charge < -0.3 is 15.4 Å². The molecule has 0 spiro atoms. The Morgan fingerprint density at radius 3 is 2.50 bits per heavy atom. The fourth-order valence-corrected chi connectivity index (χ4v) is 2.64. The van der Waals surface area contributed by atoms with Gasteiger partial charge in [-0.05, 0) is 71.0 Å². The molecule has 2 rings (SSSR count). The normalized spacial score (nSPS) is 11.6. The van der Waals surface area contributed by atoms with Crippen LogP contribution < -0.4 is 15.4 Å². The fourth-order valence-electron chi connectivity index (χ4n) is 1.91. The van der Waals surface area contributed by atoms with Crippen LogP contribution in [-0.2, 0) is 0 Å². The third-order valence-electron chi connectivity index (χ3n) is 3.14. The zero-order valence-electron chi connectivity index (χ0n) is 12.2. The van der Waals surface area contributed by atoms with Crippen LogP contribution in [-0.4, -0.2) is 12.2 Å². The Morgan fingerprint density at radius 1 is 1.23 bits per heavy atom. The summed E-state index contributed by atoms with van der Waals surface area (Å²) in [6, 6.07) is 13.6. The number of halogens is 2. The minimum absolute atomic E-state index is 0.0804. The van der Waals surface area contributed by atoms with Gasteiger partial charge in [0.05, 0.1) is 18.2 Å². The van der Waals surface area contributed by atoms with Gasteiger partial charge in [-0.1, -0.05) is 23.7 Å². The summed E-state index contributed by atoms with van der Waals surface area (Å²) < 4.78 is 6.01. The van der Waals surface area contributed by atoms with E-state index in [1.807, 2.05) is 49.4 Å². The number of benzene rings is 2. The third-order valence-corrected chi connectivity index (χ3v) is 4.59. The number of anilines is 1. The number of ether oxygens (including phenoxy) is 1. The zero-order valence-corrected chi connectivity index (χ0v) is 15.3. The lowest BCUT2D eigenvalue weighted by Crippen LogP contribution is -2.30. The van der Waals surface area contributed by atoms with Crippen LogP contribution >= 0.6 is 39.7 Å². The third kappa shape index (κ3) is 4.60. The maximum absolute atomic E-state index is 6.07. The first kappa shape index (κ1) is 17.1. The second kappa shape index (κ2) is 7.81. The molecular formula is C16H16BrClN2OS. The Bertz CT molecular complexity index is 664. The van der Waals surface area contributed by atoms with E-state index in [1.54, 1.807) is 7.11 Å². The number of thiocarbonyl (C=S) groups is 1. The summed E-state index contributed by atoms with van der Waals surface area (Å²) in [6.45, 7) is 2.05. The molecule has 116 valence electrons. The van der Waals surface area contributed by atoms with Gasteiger partial charge in [0.1, 0.15) is 5.75 Å². The summed E-state index contributed by atoms with van der Waals surface area (Å²) in [5.41, 5.74) is 1.96. The summed E-state index contributed by atoms with van der Waals surface area (Å²) in [7, 11) is 1.65. The van der Waals surface area contributed by atoms with E-state index < -0.39 is 0 Å². The maximum Gasteiger partial charge on any atom is 0.171 e. The number of methoxy groups -OCH3 is 1. The molecule has 3 nitrogen and oxygen atoms in total. The van der Waals surface area contributed by atoms with E-state index >= 15 is 0 Å². The Hall–Kier alpha value is -1.30. The van der Waals surface area contributed by atoms with Gasteiger partial charge in [-0.15, -0.1) is 0 Å². The molecule has 1 atom stereocenters. The van der Waals surface area contributed by atoms with Crippen LogP contribution in [0.1, 0.15) is 18.5 Å². The van der Waals surface area contributed by atoms with Crippen molar-refractivity contribution in [3.05, 3.63) is 57.5 Å². The number of hydrogen-bond donors (Lipinski definition) is 2. The van der Waals surface area contributed by atoms with Crippen LogP contribution in [0.2, 0.25) is 5.02 Å². The van der Waals surface area contributed by atoms with Crippen molar-refractivity contribution in [1.82, 2.24) is 5.32 Å². The van der Waals surface area contributed by atoms with Crippen molar-refractivity contribution in [1.29, 1.82) is 0 Å². The van der Waals surface area contributed by atoms with Crippen molar-refractivity contribution in [3.8, 4) is 5.75 Å². The lowest BCUT2D eigenvalue weighted by Gasteiger charge is -2.18. The molecule has 0 unspecified atom stereocenters. The quantitative estimate of drug-likeness (QED) is 0.696. The average Bonchev–Trinajstić information content (AvgIpc) is 2.51. The standard InChI is InChI=1S/C16H16BrClN2OS/c1-10(11-3-6-13(21-2)7-4-11)19-16(22)20-12-5-8-14(17)15(18)9-12/h3-10H,1-2H3,(H2,19,20,22)/t10-/m1/s1. The van der Waals surface area contributed by atoms with Gasteiger partial charge >= 0.3 is 0 Å². The predicted molar refractivity (Wildman–Crippen MR) is 99.9 cm³/mol. The van der Waals surface area contributed by atoms with Gasteiger partial charge in [-0.2, -0.15) is 0 Å². The highest BCUT2D eigenvalue weighted by molar-refractivity contribution is 9.10. The second-order valence-corrected chi connectivity index (χ2v) is 6.39. The minimum Gasteiger partial charge on any atom is -0.497 e. The predicted octanol–water partition coefficient (Wildman–Crippen LogP) is 5.16. The van der Waals surface area contributed by atoms with Gasteiger partial charge in [0.15, 0.2) is 5.11 Å². The van der Waals surface area contributed by atoms with Crippen LogP contribution in [0.4, 0.5) is 5.69 Å². The SMILES string of the molecule is COc1ccc([C@@H](C)NC(=S)Nc2ccc(Br)c(Cl)c2)cc1. The maximum atomic E-state index is 6.07. The van der Waals surface area contributed by atoms with Crippen molar-refractivity contribution in [2.24, 2.45) is 0 Å². The monoisotopic (exact) mass is 398 g/mol. The van der Waals surface area contributed by atoms with E-state index in [1.165, 1.54) is 0 Å². The van der Waals surface area contributed by atoms with Crippen molar-refractivity contribution in [3.63, 3.8) is 0 Å². The summed E-state index contributed by atoms with van der Waals surface area (Å²) >= 11 is 14.8. The smallest absolute Gasteiger partial charge is 0.171 e.